The Morgan fingerprint density at radius 1 is 1.03 bits per heavy atom. The number of hydrogen-bond acceptors (Lipinski definition) is 4. The van der Waals surface area contributed by atoms with Gasteiger partial charge in [0.1, 0.15) is 11.6 Å². The summed E-state index contributed by atoms with van der Waals surface area (Å²) in [4.78, 5) is 14.3. The smallest absolute Gasteiger partial charge is 0.258 e. The van der Waals surface area contributed by atoms with Crippen LogP contribution in [-0.2, 0) is 10.0 Å². The minimum atomic E-state index is -3.85. The second kappa shape index (κ2) is 9.36. The fourth-order valence-corrected chi connectivity index (χ4v) is 4.42. The van der Waals surface area contributed by atoms with E-state index in [0.29, 0.717) is 26.2 Å². The first kappa shape index (κ1) is 23.5. The summed E-state index contributed by atoms with van der Waals surface area (Å²) in [5, 5.41) is 2.18. The van der Waals surface area contributed by atoms with Crippen LogP contribution in [0.1, 0.15) is 10.4 Å². The van der Waals surface area contributed by atoms with Gasteiger partial charge >= 0.3 is 0 Å². The molecule has 0 aliphatic carbocycles. The van der Waals surface area contributed by atoms with Crippen molar-refractivity contribution in [2.24, 2.45) is 0 Å². The summed E-state index contributed by atoms with van der Waals surface area (Å²) in [6, 6.07) is 6.58. The maximum Gasteiger partial charge on any atom is 0.258 e. The topological polar surface area (TPSA) is 69.7 Å². The van der Waals surface area contributed by atoms with Gasteiger partial charge in [0.2, 0.25) is 10.0 Å². The third kappa shape index (κ3) is 5.23. The van der Waals surface area contributed by atoms with Gasteiger partial charge in [-0.1, -0.05) is 11.6 Å². The van der Waals surface area contributed by atoms with Crippen LogP contribution in [0.2, 0.25) is 5.02 Å². The van der Waals surface area contributed by atoms with E-state index in [4.69, 9.17) is 11.6 Å². The van der Waals surface area contributed by atoms with Crippen molar-refractivity contribution < 1.29 is 22.0 Å². The van der Waals surface area contributed by atoms with E-state index in [1.807, 2.05) is 11.9 Å². The lowest BCUT2D eigenvalue weighted by Gasteiger charge is -2.31. The van der Waals surface area contributed by atoms with Gasteiger partial charge in [0, 0.05) is 31.9 Å². The number of carbonyl (C=O) groups excluding carboxylic acids is 1. The van der Waals surface area contributed by atoms with Crippen molar-refractivity contribution in [3.63, 3.8) is 0 Å². The summed E-state index contributed by atoms with van der Waals surface area (Å²) >= 11 is 5.67. The number of nitrogens with one attached hydrogen (secondary N) is 1. The number of halogens is 4. The van der Waals surface area contributed by atoms with E-state index >= 15 is 0 Å². The number of piperazine rings is 1. The third-order valence-electron chi connectivity index (χ3n) is 4.46. The molecule has 0 bridgehead atoms. The molecule has 11 heteroatoms. The molecule has 0 atom stereocenters. The fraction of sp³-hybridized carbons (Fsp3) is 0.278. The van der Waals surface area contributed by atoms with Crippen LogP contribution >= 0.6 is 24.0 Å². The number of amides is 1. The van der Waals surface area contributed by atoms with Crippen LogP contribution in [0.5, 0.6) is 0 Å². The zero-order chi connectivity index (χ0) is 20.5. The monoisotopic (exact) mass is 465 g/mol. The Morgan fingerprint density at radius 3 is 2.28 bits per heavy atom. The molecule has 0 aromatic heterocycles. The molecule has 0 unspecified atom stereocenters. The van der Waals surface area contributed by atoms with E-state index in [9.17, 15) is 22.0 Å². The Labute approximate surface area is 178 Å². The van der Waals surface area contributed by atoms with Crippen molar-refractivity contribution in [2.75, 3.05) is 38.5 Å². The first-order valence-corrected chi connectivity index (χ1v) is 10.2. The minimum Gasteiger partial charge on any atom is -0.322 e. The van der Waals surface area contributed by atoms with Crippen LogP contribution in [0.4, 0.5) is 14.5 Å². The summed E-state index contributed by atoms with van der Waals surface area (Å²) in [5.74, 6) is -2.40. The number of likely N-dealkylation sites (N-methyl/N-ethyl adjacent to an activating group) is 1. The summed E-state index contributed by atoms with van der Waals surface area (Å²) in [6.07, 6.45) is 0. The van der Waals surface area contributed by atoms with Crippen LogP contribution in [-0.4, -0.2) is 56.8 Å². The summed E-state index contributed by atoms with van der Waals surface area (Å²) in [5.41, 5.74) is -0.279. The van der Waals surface area contributed by atoms with Crippen LogP contribution in [0, 0.1) is 11.6 Å². The van der Waals surface area contributed by atoms with E-state index in [-0.39, 0.29) is 28.0 Å². The van der Waals surface area contributed by atoms with Gasteiger partial charge in [-0.05, 0) is 43.4 Å². The minimum absolute atomic E-state index is 0. The predicted molar refractivity (Wildman–Crippen MR) is 109 cm³/mol. The summed E-state index contributed by atoms with van der Waals surface area (Å²) in [7, 11) is -1.96. The number of hydrogen-bond donors (Lipinski definition) is 1. The molecule has 3 rings (SSSR count). The average molecular weight is 466 g/mol. The highest BCUT2D eigenvalue weighted by Gasteiger charge is 2.28. The number of rotatable bonds is 4. The molecule has 1 heterocycles. The normalized spacial score (nSPS) is 15.6. The van der Waals surface area contributed by atoms with Crippen LogP contribution in [0.15, 0.2) is 41.3 Å². The Morgan fingerprint density at radius 2 is 1.66 bits per heavy atom. The lowest BCUT2D eigenvalue weighted by atomic mass is 10.2. The van der Waals surface area contributed by atoms with Crippen molar-refractivity contribution in [1.82, 2.24) is 9.21 Å². The molecular weight excluding hydrogens is 447 g/mol. The first-order valence-electron chi connectivity index (χ1n) is 8.43. The van der Waals surface area contributed by atoms with E-state index in [2.05, 4.69) is 5.32 Å². The van der Waals surface area contributed by atoms with Crippen molar-refractivity contribution >= 4 is 45.6 Å². The average Bonchev–Trinajstić information content (AvgIpc) is 2.65. The van der Waals surface area contributed by atoms with Crippen molar-refractivity contribution in [3.05, 3.63) is 58.6 Å². The van der Waals surface area contributed by atoms with E-state index in [1.54, 1.807) is 0 Å². The zero-order valence-corrected chi connectivity index (χ0v) is 17.8. The van der Waals surface area contributed by atoms with Gasteiger partial charge in [-0.3, -0.25) is 4.79 Å². The summed E-state index contributed by atoms with van der Waals surface area (Å²) in [6.45, 7) is 1.79. The highest BCUT2D eigenvalue weighted by atomic mass is 35.5. The third-order valence-corrected chi connectivity index (χ3v) is 6.64. The van der Waals surface area contributed by atoms with Crippen molar-refractivity contribution in [2.45, 2.75) is 4.90 Å². The molecule has 1 aliphatic heterocycles. The molecule has 1 fully saturated rings. The first-order chi connectivity index (χ1) is 13.2. The van der Waals surface area contributed by atoms with E-state index in [0.717, 1.165) is 24.3 Å². The summed E-state index contributed by atoms with van der Waals surface area (Å²) < 4.78 is 54.4. The Bertz CT molecular complexity index is 1010. The fourth-order valence-electron chi connectivity index (χ4n) is 2.79. The van der Waals surface area contributed by atoms with Gasteiger partial charge in [0.25, 0.3) is 5.91 Å². The van der Waals surface area contributed by atoms with Crippen molar-refractivity contribution in [3.8, 4) is 0 Å². The quantitative estimate of drug-likeness (QED) is 0.752. The molecule has 158 valence electrons. The largest absolute Gasteiger partial charge is 0.322 e. The van der Waals surface area contributed by atoms with E-state index < -0.39 is 33.1 Å². The number of anilines is 1. The highest BCUT2D eigenvalue weighted by molar-refractivity contribution is 7.89. The molecule has 1 aliphatic rings. The van der Waals surface area contributed by atoms with Gasteiger partial charge in [-0.15, -0.1) is 12.4 Å². The SMILES string of the molecule is CN1CCN(S(=O)(=O)c2ccc(F)c(C(=O)Nc3ccc(F)c(Cl)c3)c2)CC1.Cl. The Balaban J connectivity index is 0.00000300. The molecule has 0 radical (unpaired) electrons. The Hall–Kier alpha value is -1.78. The highest BCUT2D eigenvalue weighted by Crippen LogP contribution is 2.23. The standard InChI is InChI=1S/C18H18ClF2N3O3S.ClH/c1-23-6-8-24(9-7-23)28(26,27)13-3-5-16(20)14(11-13)18(25)22-12-2-4-17(21)15(19)10-12;/h2-5,10-11H,6-9H2,1H3,(H,22,25);1H. The van der Waals surface area contributed by atoms with Crippen LogP contribution < -0.4 is 5.32 Å². The second-order valence-electron chi connectivity index (χ2n) is 6.43. The molecule has 2 aromatic carbocycles. The molecule has 6 nitrogen and oxygen atoms in total. The van der Waals surface area contributed by atoms with Crippen LogP contribution in [0.25, 0.3) is 0 Å². The molecule has 0 saturated carbocycles. The molecule has 1 N–H and O–H groups in total. The molecular formula is C18H19Cl2F2N3O3S. The number of nitrogens with zero attached hydrogens (tertiary/aromatic N) is 2. The van der Waals surface area contributed by atoms with Gasteiger partial charge in [-0.25, -0.2) is 17.2 Å². The van der Waals surface area contributed by atoms with E-state index in [1.165, 1.54) is 16.4 Å². The lowest BCUT2D eigenvalue weighted by Crippen LogP contribution is -2.47. The number of carbonyl (C=O) groups is 1. The van der Waals surface area contributed by atoms with Gasteiger partial charge in [-0.2, -0.15) is 4.31 Å². The maximum absolute atomic E-state index is 14.2. The van der Waals surface area contributed by atoms with Gasteiger partial charge in [0.15, 0.2) is 0 Å². The molecule has 0 spiro atoms. The van der Waals surface area contributed by atoms with Crippen molar-refractivity contribution in [1.29, 1.82) is 0 Å². The van der Waals surface area contributed by atoms with Gasteiger partial charge < -0.3 is 10.2 Å². The maximum atomic E-state index is 14.2. The zero-order valence-electron chi connectivity index (χ0n) is 15.4. The predicted octanol–water partition coefficient (Wildman–Crippen LogP) is 3.23. The second-order valence-corrected chi connectivity index (χ2v) is 8.78. The molecule has 2 aromatic rings. The molecule has 29 heavy (non-hydrogen) atoms. The molecule has 1 saturated heterocycles. The number of benzene rings is 2. The number of sulfonamides is 1. The Kier molecular flexibility index (Phi) is 7.58. The lowest BCUT2D eigenvalue weighted by molar-refractivity contribution is 0.102. The molecule has 1 amide bonds. The van der Waals surface area contributed by atoms with Crippen LogP contribution in [0.3, 0.4) is 0 Å². The van der Waals surface area contributed by atoms with Gasteiger partial charge in [0.05, 0.1) is 15.5 Å².